The Bertz CT molecular complexity index is 291. The molecule has 72 valence electrons. The highest BCUT2D eigenvalue weighted by atomic mass is 16.3. The molecule has 1 atom stereocenters. The second-order valence-electron chi connectivity index (χ2n) is 3.11. The van der Waals surface area contributed by atoms with Gasteiger partial charge in [0.25, 0.3) is 0 Å². The molecule has 1 aromatic heterocycles. The maximum atomic E-state index is 5.43. The zero-order chi connectivity index (χ0) is 9.84. The summed E-state index contributed by atoms with van der Waals surface area (Å²) in [5.41, 5.74) is 3.85. The van der Waals surface area contributed by atoms with Gasteiger partial charge in [-0.3, -0.25) is 11.3 Å². The molecule has 3 N–H and O–H groups in total. The topological polar surface area (TPSA) is 51.2 Å². The number of hydrogen-bond donors (Lipinski definition) is 2. The fourth-order valence-electron chi connectivity index (χ4n) is 1.45. The molecular weight excluding hydrogens is 164 g/mol. The van der Waals surface area contributed by atoms with Crippen molar-refractivity contribution < 1.29 is 4.42 Å². The summed E-state index contributed by atoms with van der Waals surface area (Å²) in [6, 6.07) is 2.11. The number of furan rings is 1. The van der Waals surface area contributed by atoms with Crippen LogP contribution in [0.15, 0.2) is 23.1 Å². The molecule has 0 fully saturated rings. The van der Waals surface area contributed by atoms with Gasteiger partial charge in [-0.15, -0.1) is 6.58 Å². The van der Waals surface area contributed by atoms with E-state index in [1.807, 2.05) is 26.0 Å². The zero-order valence-electron chi connectivity index (χ0n) is 8.13. The number of rotatable bonds is 4. The molecule has 13 heavy (non-hydrogen) atoms. The quantitative estimate of drug-likeness (QED) is 0.423. The van der Waals surface area contributed by atoms with Gasteiger partial charge in [0.2, 0.25) is 0 Å². The predicted molar refractivity (Wildman–Crippen MR) is 53.1 cm³/mol. The Kier molecular flexibility index (Phi) is 3.28. The number of nitrogens with one attached hydrogen (secondary N) is 1. The maximum absolute atomic E-state index is 5.43. The monoisotopic (exact) mass is 180 g/mol. The van der Waals surface area contributed by atoms with Crippen LogP contribution >= 0.6 is 0 Å². The smallest absolute Gasteiger partial charge is 0.105 e. The highest BCUT2D eigenvalue weighted by Crippen LogP contribution is 2.23. The van der Waals surface area contributed by atoms with E-state index in [1.54, 1.807) is 0 Å². The van der Waals surface area contributed by atoms with E-state index < -0.39 is 0 Å². The van der Waals surface area contributed by atoms with Gasteiger partial charge in [-0.05, 0) is 26.3 Å². The van der Waals surface area contributed by atoms with Crippen LogP contribution in [-0.2, 0) is 0 Å². The maximum Gasteiger partial charge on any atom is 0.105 e. The van der Waals surface area contributed by atoms with Crippen molar-refractivity contribution in [2.75, 3.05) is 0 Å². The summed E-state index contributed by atoms with van der Waals surface area (Å²) in [7, 11) is 0. The Morgan fingerprint density at radius 1 is 1.69 bits per heavy atom. The molecule has 0 spiro atoms. The van der Waals surface area contributed by atoms with Gasteiger partial charge >= 0.3 is 0 Å². The van der Waals surface area contributed by atoms with Crippen LogP contribution in [0, 0.1) is 13.8 Å². The predicted octanol–water partition coefficient (Wildman–Crippen LogP) is 1.98. The van der Waals surface area contributed by atoms with E-state index >= 15 is 0 Å². The van der Waals surface area contributed by atoms with Gasteiger partial charge in [0.05, 0.1) is 6.04 Å². The van der Waals surface area contributed by atoms with Gasteiger partial charge in [0.1, 0.15) is 11.5 Å². The Labute approximate surface area is 78.6 Å². The average molecular weight is 180 g/mol. The van der Waals surface area contributed by atoms with Gasteiger partial charge in [-0.1, -0.05) is 6.08 Å². The lowest BCUT2D eigenvalue weighted by Gasteiger charge is -2.12. The Morgan fingerprint density at radius 2 is 2.38 bits per heavy atom. The van der Waals surface area contributed by atoms with Crippen molar-refractivity contribution in [3.63, 3.8) is 0 Å². The van der Waals surface area contributed by atoms with Gasteiger partial charge in [-0.25, -0.2) is 0 Å². The number of nitrogens with two attached hydrogens (primary N) is 1. The van der Waals surface area contributed by atoms with Crippen molar-refractivity contribution >= 4 is 0 Å². The van der Waals surface area contributed by atoms with E-state index in [4.69, 9.17) is 10.3 Å². The van der Waals surface area contributed by atoms with Gasteiger partial charge in [-0.2, -0.15) is 0 Å². The molecule has 0 radical (unpaired) electrons. The number of hydrogen-bond acceptors (Lipinski definition) is 3. The van der Waals surface area contributed by atoms with Crippen molar-refractivity contribution in [2.24, 2.45) is 5.84 Å². The molecule has 1 unspecified atom stereocenters. The van der Waals surface area contributed by atoms with E-state index in [-0.39, 0.29) is 6.04 Å². The molecular formula is C10H16N2O. The SMILES string of the molecule is C=CCC(NN)c1cc(C)oc1C. The Balaban J connectivity index is 2.89. The molecule has 0 aliphatic rings. The van der Waals surface area contributed by atoms with Crippen LogP contribution in [0.4, 0.5) is 0 Å². The highest BCUT2D eigenvalue weighted by Gasteiger charge is 2.13. The van der Waals surface area contributed by atoms with Crippen molar-refractivity contribution in [2.45, 2.75) is 26.3 Å². The fraction of sp³-hybridized carbons (Fsp3) is 0.400. The minimum absolute atomic E-state index is 0.106. The molecule has 3 nitrogen and oxygen atoms in total. The highest BCUT2D eigenvalue weighted by molar-refractivity contribution is 5.24. The summed E-state index contributed by atoms with van der Waals surface area (Å²) in [6.45, 7) is 7.55. The van der Waals surface area contributed by atoms with Crippen molar-refractivity contribution in [1.29, 1.82) is 0 Å². The molecule has 0 aromatic carbocycles. The van der Waals surface area contributed by atoms with E-state index in [0.29, 0.717) is 0 Å². The third-order valence-corrected chi connectivity index (χ3v) is 2.06. The summed E-state index contributed by atoms with van der Waals surface area (Å²) in [6.07, 6.45) is 2.64. The molecule has 0 saturated heterocycles. The van der Waals surface area contributed by atoms with Crippen LogP contribution in [0.2, 0.25) is 0 Å². The summed E-state index contributed by atoms with van der Waals surface area (Å²) < 4.78 is 5.41. The first-order chi connectivity index (χ1) is 6.19. The molecule has 1 heterocycles. The molecule has 0 aliphatic carbocycles. The van der Waals surface area contributed by atoms with Crippen molar-refractivity contribution in [3.05, 3.63) is 35.8 Å². The average Bonchev–Trinajstić information content (AvgIpc) is 2.41. The minimum Gasteiger partial charge on any atom is -0.466 e. The van der Waals surface area contributed by atoms with Gasteiger partial charge in [0.15, 0.2) is 0 Å². The van der Waals surface area contributed by atoms with Crippen LogP contribution < -0.4 is 11.3 Å². The van der Waals surface area contributed by atoms with Crippen LogP contribution in [0.3, 0.4) is 0 Å². The summed E-state index contributed by atoms with van der Waals surface area (Å²) in [5.74, 6) is 7.26. The van der Waals surface area contributed by atoms with E-state index in [2.05, 4.69) is 12.0 Å². The Morgan fingerprint density at radius 3 is 2.77 bits per heavy atom. The molecule has 3 heteroatoms. The molecule has 1 rings (SSSR count). The molecule has 0 aliphatic heterocycles. The molecule has 0 amide bonds. The molecule has 0 saturated carbocycles. The normalized spacial score (nSPS) is 12.8. The first-order valence-electron chi connectivity index (χ1n) is 4.33. The lowest BCUT2D eigenvalue weighted by atomic mass is 10.1. The van der Waals surface area contributed by atoms with Crippen molar-refractivity contribution in [1.82, 2.24) is 5.43 Å². The Hall–Kier alpha value is -1.06. The lowest BCUT2D eigenvalue weighted by Crippen LogP contribution is -2.27. The van der Waals surface area contributed by atoms with E-state index in [9.17, 15) is 0 Å². The van der Waals surface area contributed by atoms with Crippen LogP contribution in [-0.4, -0.2) is 0 Å². The van der Waals surface area contributed by atoms with Crippen LogP contribution in [0.25, 0.3) is 0 Å². The third kappa shape index (κ3) is 2.20. The second-order valence-corrected chi connectivity index (χ2v) is 3.11. The molecule has 0 bridgehead atoms. The fourth-order valence-corrected chi connectivity index (χ4v) is 1.45. The second kappa shape index (κ2) is 4.25. The van der Waals surface area contributed by atoms with Gasteiger partial charge in [0, 0.05) is 5.56 Å². The van der Waals surface area contributed by atoms with E-state index in [0.717, 1.165) is 23.5 Å². The molecule has 1 aromatic rings. The first-order valence-corrected chi connectivity index (χ1v) is 4.33. The van der Waals surface area contributed by atoms with E-state index in [1.165, 1.54) is 0 Å². The standard InChI is InChI=1S/C10H16N2O/c1-4-5-10(12-11)9-6-7(2)13-8(9)3/h4,6,10,12H,1,5,11H2,2-3H3. The summed E-state index contributed by atoms with van der Waals surface area (Å²) in [4.78, 5) is 0. The zero-order valence-corrected chi connectivity index (χ0v) is 8.13. The van der Waals surface area contributed by atoms with Crippen LogP contribution in [0.1, 0.15) is 29.5 Å². The van der Waals surface area contributed by atoms with Crippen LogP contribution in [0.5, 0.6) is 0 Å². The minimum atomic E-state index is 0.106. The number of aryl methyl sites for hydroxylation is 2. The lowest BCUT2D eigenvalue weighted by molar-refractivity contribution is 0.486. The number of hydrazine groups is 1. The third-order valence-electron chi connectivity index (χ3n) is 2.06. The largest absolute Gasteiger partial charge is 0.466 e. The summed E-state index contributed by atoms with van der Waals surface area (Å²) in [5, 5.41) is 0. The van der Waals surface area contributed by atoms with Gasteiger partial charge < -0.3 is 4.42 Å². The summed E-state index contributed by atoms with van der Waals surface area (Å²) >= 11 is 0. The first kappa shape index (κ1) is 10.0. The van der Waals surface area contributed by atoms with Crippen molar-refractivity contribution in [3.8, 4) is 0 Å².